The zero-order valence-corrected chi connectivity index (χ0v) is 8.14. The molecule has 11 heavy (non-hydrogen) atoms. The van der Waals surface area contributed by atoms with Gasteiger partial charge in [-0.2, -0.15) is 0 Å². The Morgan fingerprint density at radius 3 is 2.18 bits per heavy atom. The molecule has 0 amide bonds. The molecule has 0 aliphatic carbocycles. The fourth-order valence-corrected chi connectivity index (χ4v) is 1.46. The highest BCUT2D eigenvalue weighted by atomic mass is 15.2. The van der Waals surface area contributed by atoms with E-state index < -0.39 is 0 Å². The molecule has 0 aromatic rings. The van der Waals surface area contributed by atoms with Crippen LogP contribution in [0.3, 0.4) is 0 Å². The second-order valence-electron chi connectivity index (χ2n) is 3.03. The molecule has 0 spiro atoms. The molecule has 2 heteroatoms. The van der Waals surface area contributed by atoms with Crippen molar-refractivity contribution in [1.29, 1.82) is 0 Å². The highest BCUT2D eigenvalue weighted by Gasteiger charge is 2.16. The summed E-state index contributed by atoms with van der Waals surface area (Å²) in [6, 6.07) is 0.861. The molecule has 1 rings (SSSR count). The van der Waals surface area contributed by atoms with E-state index in [1.54, 1.807) is 0 Å². The number of nitrogens with two attached hydrogens (primary N) is 1. The molecule has 68 valence electrons. The summed E-state index contributed by atoms with van der Waals surface area (Å²) < 4.78 is 0. The van der Waals surface area contributed by atoms with Crippen LogP contribution in [0.2, 0.25) is 0 Å². The second-order valence-corrected chi connectivity index (χ2v) is 3.03. The van der Waals surface area contributed by atoms with Gasteiger partial charge in [-0.1, -0.05) is 13.8 Å². The Balaban J connectivity index is 0.000000292. The molecule has 0 radical (unpaired) electrons. The number of nitrogens with zero attached hydrogens (tertiary/aromatic N) is 1. The van der Waals surface area contributed by atoms with Crippen LogP contribution >= 0.6 is 0 Å². The molecule has 1 aliphatic heterocycles. The Bertz CT molecular complexity index is 83.6. The van der Waals surface area contributed by atoms with Crippen LogP contribution in [0.4, 0.5) is 0 Å². The van der Waals surface area contributed by atoms with Crippen LogP contribution in [0, 0.1) is 0 Å². The third-order valence-electron chi connectivity index (χ3n) is 2.10. The van der Waals surface area contributed by atoms with E-state index in [4.69, 9.17) is 5.73 Å². The van der Waals surface area contributed by atoms with E-state index in [-0.39, 0.29) is 0 Å². The first-order valence-corrected chi connectivity index (χ1v) is 4.70. The first kappa shape index (κ1) is 10.9. The van der Waals surface area contributed by atoms with Gasteiger partial charge in [-0.3, -0.25) is 0 Å². The molecule has 0 aromatic heterocycles. The van der Waals surface area contributed by atoms with Crippen LogP contribution in [-0.2, 0) is 0 Å². The molecule has 1 atom stereocenters. The van der Waals surface area contributed by atoms with Crippen molar-refractivity contribution in [3.8, 4) is 0 Å². The molecule has 2 nitrogen and oxygen atoms in total. The number of rotatable bonds is 1. The lowest BCUT2D eigenvalue weighted by molar-refractivity contribution is 0.284. The predicted octanol–water partition coefficient (Wildman–Crippen LogP) is 1.46. The molecule has 1 fully saturated rings. The molecule has 0 aromatic carbocycles. The van der Waals surface area contributed by atoms with Crippen LogP contribution in [-0.4, -0.2) is 30.6 Å². The van der Waals surface area contributed by atoms with Crippen LogP contribution in [0.5, 0.6) is 0 Å². The Labute approximate surface area is 70.8 Å². The molecule has 0 bridgehead atoms. The SMILES string of the molecule is CCN.CCN1CCCC1C. The summed E-state index contributed by atoms with van der Waals surface area (Å²) in [5.41, 5.74) is 4.85. The molecular formula is C9H22N2. The van der Waals surface area contributed by atoms with Gasteiger partial charge in [0.2, 0.25) is 0 Å². The minimum atomic E-state index is 0.750. The molecular weight excluding hydrogens is 136 g/mol. The van der Waals surface area contributed by atoms with Crippen molar-refractivity contribution in [1.82, 2.24) is 4.90 Å². The fourth-order valence-electron chi connectivity index (χ4n) is 1.46. The van der Waals surface area contributed by atoms with E-state index in [9.17, 15) is 0 Å². The number of likely N-dealkylation sites (tertiary alicyclic amines) is 1. The van der Waals surface area contributed by atoms with Crippen molar-refractivity contribution < 1.29 is 0 Å². The van der Waals surface area contributed by atoms with Crippen molar-refractivity contribution in [2.75, 3.05) is 19.6 Å². The van der Waals surface area contributed by atoms with E-state index >= 15 is 0 Å². The zero-order chi connectivity index (χ0) is 8.69. The van der Waals surface area contributed by atoms with Gasteiger partial charge in [0.15, 0.2) is 0 Å². The predicted molar refractivity (Wildman–Crippen MR) is 50.7 cm³/mol. The van der Waals surface area contributed by atoms with Gasteiger partial charge in [0.05, 0.1) is 0 Å². The third-order valence-corrected chi connectivity index (χ3v) is 2.10. The smallest absolute Gasteiger partial charge is 0.00672 e. The summed E-state index contributed by atoms with van der Waals surface area (Å²) in [7, 11) is 0. The lowest BCUT2D eigenvalue weighted by atomic mass is 10.2. The lowest BCUT2D eigenvalue weighted by Crippen LogP contribution is -2.25. The maximum atomic E-state index is 4.85. The maximum Gasteiger partial charge on any atom is 0.00672 e. The van der Waals surface area contributed by atoms with Crippen molar-refractivity contribution in [2.45, 2.75) is 39.7 Å². The summed E-state index contributed by atoms with van der Waals surface area (Å²) in [5, 5.41) is 0. The fraction of sp³-hybridized carbons (Fsp3) is 1.00. The van der Waals surface area contributed by atoms with Gasteiger partial charge in [-0.25, -0.2) is 0 Å². The van der Waals surface area contributed by atoms with Crippen LogP contribution < -0.4 is 5.73 Å². The average Bonchev–Trinajstić information content (AvgIpc) is 2.36. The first-order valence-electron chi connectivity index (χ1n) is 4.70. The summed E-state index contributed by atoms with van der Waals surface area (Å²) in [6.45, 7) is 9.77. The zero-order valence-electron chi connectivity index (χ0n) is 8.14. The normalized spacial score (nSPS) is 24.5. The van der Waals surface area contributed by atoms with E-state index in [1.807, 2.05) is 6.92 Å². The van der Waals surface area contributed by atoms with Crippen molar-refractivity contribution in [3.05, 3.63) is 0 Å². The second kappa shape index (κ2) is 6.62. The van der Waals surface area contributed by atoms with Crippen LogP contribution in [0.15, 0.2) is 0 Å². The summed E-state index contributed by atoms with van der Waals surface area (Å²) in [4.78, 5) is 2.53. The molecule has 1 heterocycles. The Kier molecular flexibility index (Phi) is 6.57. The average molecular weight is 158 g/mol. The van der Waals surface area contributed by atoms with Gasteiger partial charge in [0, 0.05) is 6.04 Å². The van der Waals surface area contributed by atoms with Crippen molar-refractivity contribution >= 4 is 0 Å². The maximum absolute atomic E-state index is 4.85. The Morgan fingerprint density at radius 2 is 2.00 bits per heavy atom. The van der Waals surface area contributed by atoms with Gasteiger partial charge in [-0.15, -0.1) is 0 Å². The number of hydrogen-bond acceptors (Lipinski definition) is 2. The molecule has 2 N–H and O–H groups in total. The summed E-state index contributed by atoms with van der Waals surface area (Å²) in [6.07, 6.45) is 2.82. The summed E-state index contributed by atoms with van der Waals surface area (Å²) >= 11 is 0. The largest absolute Gasteiger partial charge is 0.331 e. The molecule has 0 saturated carbocycles. The van der Waals surface area contributed by atoms with Crippen LogP contribution in [0.25, 0.3) is 0 Å². The highest BCUT2D eigenvalue weighted by Crippen LogP contribution is 2.14. The quantitative estimate of drug-likeness (QED) is 0.626. The topological polar surface area (TPSA) is 29.3 Å². The van der Waals surface area contributed by atoms with Gasteiger partial charge in [-0.05, 0) is 39.4 Å². The van der Waals surface area contributed by atoms with Gasteiger partial charge >= 0.3 is 0 Å². The molecule has 1 unspecified atom stereocenters. The van der Waals surface area contributed by atoms with E-state index in [0.29, 0.717) is 0 Å². The van der Waals surface area contributed by atoms with Crippen LogP contribution in [0.1, 0.15) is 33.6 Å². The van der Waals surface area contributed by atoms with Gasteiger partial charge in [0.1, 0.15) is 0 Å². The third kappa shape index (κ3) is 4.38. The summed E-state index contributed by atoms with van der Waals surface area (Å²) in [5.74, 6) is 0. The Morgan fingerprint density at radius 1 is 1.45 bits per heavy atom. The van der Waals surface area contributed by atoms with E-state index in [0.717, 1.165) is 12.6 Å². The highest BCUT2D eigenvalue weighted by molar-refractivity contribution is 4.72. The standard InChI is InChI=1S/C7H15N.C2H7N/c1-3-8-6-4-5-7(8)2;1-2-3/h7H,3-6H2,1-2H3;2-3H2,1H3. The van der Waals surface area contributed by atoms with Gasteiger partial charge in [0.25, 0.3) is 0 Å². The van der Waals surface area contributed by atoms with Gasteiger partial charge < -0.3 is 10.6 Å². The van der Waals surface area contributed by atoms with Crippen molar-refractivity contribution in [3.63, 3.8) is 0 Å². The number of hydrogen-bond donors (Lipinski definition) is 1. The minimum Gasteiger partial charge on any atom is -0.331 e. The van der Waals surface area contributed by atoms with E-state index in [1.165, 1.54) is 25.9 Å². The van der Waals surface area contributed by atoms with Crippen molar-refractivity contribution in [2.24, 2.45) is 5.73 Å². The molecule has 1 saturated heterocycles. The first-order chi connectivity index (χ1) is 5.26. The lowest BCUT2D eigenvalue weighted by Gasteiger charge is -2.17. The Hall–Kier alpha value is -0.0800. The minimum absolute atomic E-state index is 0.750. The monoisotopic (exact) mass is 158 g/mol. The van der Waals surface area contributed by atoms with E-state index in [2.05, 4.69) is 18.7 Å². The molecule has 1 aliphatic rings.